The lowest BCUT2D eigenvalue weighted by Crippen LogP contribution is -2.09. The maximum Gasteiger partial charge on any atom is 0.212 e. The zero-order chi connectivity index (χ0) is 13.1. The third-order valence-electron chi connectivity index (χ3n) is 2.86. The predicted molar refractivity (Wildman–Crippen MR) is 72.4 cm³/mol. The lowest BCUT2D eigenvalue weighted by atomic mass is 10.0. The van der Waals surface area contributed by atoms with Crippen LogP contribution < -0.4 is 0 Å². The molecule has 18 heavy (non-hydrogen) atoms. The van der Waals surface area contributed by atoms with Crippen molar-refractivity contribution in [1.29, 1.82) is 0 Å². The highest BCUT2D eigenvalue weighted by molar-refractivity contribution is 7.71. The first-order chi connectivity index (χ1) is 8.67. The average Bonchev–Trinajstić information content (AvgIpc) is 2.79. The Balaban J connectivity index is 2.51. The van der Waals surface area contributed by atoms with Gasteiger partial charge in [-0.25, -0.2) is 0 Å². The Morgan fingerprint density at radius 2 is 2.11 bits per heavy atom. The lowest BCUT2D eigenvalue weighted by molar-refractivity contribution is 0.103. The fourth-order valence-electron chi connectivity index (χ4n) is 1.94. The van der Waals surface area contributed by atoms with Crippen molar-refractivity contribution in [3.8, 4) is 0 Å². The Hall–Kier alpha value is -1.75. The summed E-state index contributed by atoms with van der Waals surface area (Å²) in [7, 11) is 0. The van der Waals surface area contributed by atoms with Gasteiger partial charge in [0, 0.05) is 17.5 Å². The predicted octanol–water partition coefficient (Wildman–Crippen LogP) is 2.82. The number of carbonyl (C=O) groups is 1. The molecule has 0 aliphatic heterocycles. The van der Waals surface area contributed by atoms with Crippen molar-refractivity contribution >= 4 is 18.0 Å². The van der Waals surface area contributed by atoms with E-state index < -0.39 is 0 Å². The van der Waals surface area contributed by atoms with Crippen molar-refractivity contribution in [3.63, 3.8) is 0 Å². The summed E-state index contributed by atoms with van der Waals surface area (Å²) < 4.78 is 0.483. The second kappa shape index (κ2) is 5.27. The number of nitrogens with zero attached hydrogens (tertiary/aromatic N) is 1. The van der Waals surface area contributed by atoms with E-state index in [9.17, 15) is 4.79 Å². The Labute approximate surface area is 110 Å². The van der Waals surface area contributed by atoms with E-state index in [0.717, 1.165) is 24.2 Å². The van der Waals surface area contributed by atoms with E-state index in [0.29, 0.717) is 16.0 Å². The molecule has 0 amide bonds. The highest BCUT2D eigenvalue weighted by atomic mass is 32.1. The van der Waals surface area contributed by atoms with Crippen molar-refractivity contribution in [3.05, 3.63) is 45.7 Å². The summed E-state index contributed by atoms with van der Waals surface area (Å²) in [5.74, 6) is -0.0517. The van der Waals surface area contributed by atoms with Crippen LogP contribution in [-0.4, -0.2) is 20.7 Å². The highest BCUT2D eigenvalue weighted by Gasteiger charge is 2.18. The topological polar surface area (TPSA) is 61.5 Å². The van der Waals surface area contributed by atoms with Crippen molar-refractivity contribution < 1.29 is 4.79 Å². The first kappa shape index (κ1) is 12.7. The minimum absolute atomic E-state index is 0.0517. The number of aromatic amines is 2. The number of hydrogen-bond donors (Lipinski definition) is 2. The van der Waals surface area contributed by atoms with E-state index in [1.165, 1.54) is 0 Å². The first-order valence-electron chi connectivity index (χ1n) is 5.97. The molecule has 2 aromatic rings. The number of ketones is 1. The Morgan fingerprint density at radius 3 is 2.78 bits per heavy atom. The van der Waals surface area contributed by atoms with Gasteiger partial charge in [-0.3, -0.25) is 9.78 Å². The standard InChI is InChI=1S/C13H15N3OS/c1-3-9-8(6-5-7-14-9)12(17)11-10(4-2)15-13(18)16-11/h5-7H,3-4H2,1-2H3,(H2,15,16,18). The highest BCUT2D eigenvalue weighted by Crippen LogP contribution is 2.15. The summed E-state index contributed by atoms with van der Waals surface area (Å²) in [6, 6.07) is 3.58. The molecule has 4 nitrogen and oxygen atoms in total. The Morgan fingerprint density at radius 1 is 1.33 bits per heavy atom. The molecule has 0 spiro atoms. The van der Waals surface area contributed by atoms with Gasteiger partial charge in [0.15, 0.2) is 4.77 Å². The minimum atomic E-state index is -0.0517. The maximum atomic E-state index is 12.5. The van der Waals surface area contributed by atoms with Gasteiger partial charge in [-0.2, -0.15) is 0 Å². The third-order valence-corrected chi connectivity index (χ3v) is 3.06. The lowest BCUT2D eigenvalue weighted by Gasteiger charge is -2.05. The summed E-state index contributed by atoms with van der Waals surface area (Å²) in [5.41, 5.74) is 2.84. The number of imidazole rings is 1. The minimum Gasteiger partial charge on any atom is -0.334 e. The zero-order valence-electron chi connectivity index (χ0n) is 10.4. The normalized spacial score (nSPS) is 10.6. The molecule has 0 aliphatic carbocycles. The number of aromatic nitrogens is 3. The molecule has 0 radical (unpaired) electrons. The smallest absolute Gasteiger partial charge is 0.212 e. The number of pyridine rings is 1. The van der Waals surface area contributed by atoms with Crippen LogP contribution >= 0.6 is 12.2 Å². The number of H-pyrrole nitrogens is 2. The van der Waals surface area contributed by atoms with Crippen LogP contribution in [0.15, 0.2) is 18.3 Å². The summed E-state index contributed by atoms with van der Waals surface area (Å²) in [6.07, 6.45) is 3.17. The summed E-state index contributed by atoms with van der Waals surface area (Å²) in [4.78, 5) is 22.6. The van der Waals surface area contributed by atoms with Crippen LogP contribution in [0.25, 0.3) is 0 Å². The quantitative estimate of drug-likeness (QED) is 0.657. The van der Waals surface area contributed by atoms with Crippen molar-refractivity contribution in [1.82, 2.24) is 15.0 Å². The third kappa shape index (κ3) is 2.26. The molecule has 94 valence electrons. The molecule has 0 unspecified atom stereocenters. The molecular weight excluding hydrogens is 246 g/mol. The molecule has 5 heteroatoms. The van der Waals surface area contributed by atoms with Crippen LogP contribution in [0.3, 0.4) is 0 Å². The molecule has 0 saturated carbocycles. The molecule has 2 heterocycles. The number of rotatable bonds is 4. The number of hydrogen-bond acceptors (Lipinski definition) is 3. The van der Waals surface area contributed by atoms with Crippen molar-refractivity contribution in [2.45, 2.75) is 26.7 Å². The fraction of sp³-hybridized carbons (Fsp3) is 0.308. The molecule has 0 atom stereocenters. The first-order valence-corrected chi connectivity index (χ1v) is 6.37. The van der Waals surface area contributed by atoms with Crippen LogP contribution in [0.2, 0.25) is 0 Å². The second-order valence-electron chi connectivity index (χ2n) is 3.97. The van der Waals surface area contributed by atoms with Crippen LogP contribution in [0.4, 0.5) is 0 Å². The van der Waals surface area contributed by atoms with Gasteiger partial charge in [0.2, 0.25) is 5.78 Å². The van der Waals surface area contributed by atoms with Gasteiger partial charge in [-0.1, -0.05) is 13.8 Å². The van der Waals surface area contributed by atoms with Gasteiger partial charge >= 0.3 is 0 Å². The Kier molecular flexibility index (Phi) is 3.72. The summed E-state index contributed by atoms with van der Waals surface area (Å²) in [5, 5.41) is 0. The fourth-order valence-corrected chi connectivity index (χ4v) is 2.17. The van der Waals surface area contributed by atoms with Crippen LogP contribution in [0.1, 0.15) is 41.3 Å². The molecule has 0 saturated heterocycles. The van der Waals surface area contributed by atoms with Gasteiger partial charge < -0.3 is 9.97 Å². The monoisotopic (exact) mass is 261 g/mol. The second-order valence-corrected chi connectivity index (χ2v) is 4.37. The SMILES string of the molecule is CCc1ncccc1C(=O)c1[nH]c(=S)[nH]c1CC. The van der Waals surface area contributed by atoms with Gasteiger partial charge in [-0.05, 0) is 37.2 Å². The van der Waals surface area contributed by atoms with E-state index >= 15 is 0 Å². The Bertz CT molecular complexity index is 627. The van der Waals surface area contributed by atoms with Crippen molar-refractivity contribution in [2.24, 2.45) is 0 Å². The number of carbonyl (C=O) groups excluding carboxylic acids is 1. The van der Waals surface area contributed by atoms with Gasteiger partial charge in [-0.15, -0.1) is 0 Å². The van der Waals surface area contributed by atoms with Gasteiger partial charge in [0.05, 0.1) is 5.69 Å². The molecule has 0 aliphatic rings. The zero-order valence-corrected chi connectivity index (χ0v) is 11.2. The molecule has 2 rings (SSSR count). The number of nitrogens with one attached hydrogen (secondary N) is 2. The van der Waals surface area contributed by atoms with Crippen LogP contribution in [-0.2, 0) is 12.8 Å². The van der Waals surface area contributed by atoms with Gasteiger partial charge in [0.1, 0.15) is 5.69 Å². The van der Waals surface area contributed by atoms with Gasteiger partial charge in [0.25, 0.3) is 0 Å². The van der Waals surface area contributed by atoms with E-state index in [2.05, 4.69) is 15.0 Å². The van der Waals surface area contributed by atoms with E-state index in [-0.39, 0.29) is 5.78 Å². The largest absolute Gasteiger partial charge is 0.334 e. The molecule has 0 bridgehead atoms. The van der Waals surface area contributed by atoms with E-state index in [1.807, 2.05) is 13.8 Å². The maximum absolute atomic E-state index is 12.5. The number of aryl methyl sites for hydroxylation is 2. The molecule has 0 fully saturated rings. The summed E-state index contributed by atoms with van der Waals surface area (Å²) >= 11 is 5.04. The molecular formula is C13H15N3OS. The average molecular weight is 261 g/mol. The molecule has 2 N–H and O–H groups in total. The van der Waals surface area contributed by atoms with Crippen LogP contribution in [0, 0.1) is 4.77 Å². The van der Waals surface area contributed by atoms with Crippen molar-refractivity contribution in [2.75, 3.05) is 0 Å². The van der Waals surface area contributed by atoms with Crippen LogP contribution in [0.5, 0.6) is 0 Å². The van der Waals surface area contributed by atoms with E-state index in [1.54, 1.807) is 18.3 Å². The summed E-state index contributed by atoms with van der Waals surface area (Å²) in [6.45, 7) is 3.97. The molecule has 0 aromatic carbocycles. The molecule has 2 aromatic heterocycles. The van der Waals surface area contributed by atoms with E-state index in [4.69, 9.17) is 12.2 Å².